The van der Waals surface area contributed by atoms with Gasteiger partial charge in [0.25, 0.3) is 0 Å². The normalized spacial score (nSPS) is 17.3. The van der Waals surface area contributed by atoms with Crippen LogP contribution in [0.2, 0.25) is 0 Å². The van der Waals surface area contributed by atoms with Gasteiger partial charge < -0.3 is 9.80 Å². The Morgan fingerprint density at radius 1 is 1.17 bits per heavy atom. The van der Waals surface area contributed by atoms with E-state index in [1.807, 2.05) is 29.2 Å². The highest BCUT2D eigenvalue weighted by atomic mass is 16.2. The van der Waals surface area contributed by atoms with Gasteiger partial charge in [-0.05, 0) is 19.2 Å². The molecule has 0 radical (unpaired) electrons. The number of carbonyl (C=O) groups excluding carboxylic acids is 1. The number of likely N-dealkylation sites (N-methyl/N-ethyl adjacent to an activating group) is 1. The molecular weight excluding hydrogens is 230 g/mol. The summed E-state index contributed by atoms with van der Waals surface area (Å²) in [5, 5.41) is 7.96. The molecule has 3 rings (SSSR count). The molecule has 1 aliphatic heterocycles. The van der Waals surface area contributed by atoms with Crippen LogP contribution in [0.5, 0.6) is 0 Å². The lowest BCUT2D eigenvalue weighted by molar-refractivity contribution is 0.153. The smallest absolute Gasteiger partial charge is 0.320 e. The monoisotopic (exact) mass is 245 g/mol. The molecule has 1 aromatic heterocycles. The molecule has 0 saturated carbocycles. The van der Waals surface area contributed by atoms with Gasteiger partial charge in [0.1, 0.15) is 5.52 Å². The minimum atomic E-state index is -0.0863. The molecule has 1 aliphatic rings. The minimum absolute atomic E-state index is 0.0863. The molecule has 0 atom stereocenters. The third kappa shape index (κ3) is 1.84. The number of nitrogens with zero attached hydrogens (tertiary/aromatic N) is 5. The van der Waals surface area contributed by atoms with E-state index in [2.05, 4.69) is 22.3 Å². The molecule has 0 spiro atoms. The van der Waals surface area contributed by atoms with Crippen molar-refractivity contribution in [1.29, 1.82) is 0 Å². The first-order chi connectivity index (χ1) is 8.75. The molecule has 1 fully saturated rings. The third-order valence-electron chi connectivity index (χ3n) is 3.31. The van der Waals surface area contributed by atoms with Crippen molar-refractivity contribution in [2.45, 2.75) is 0 Å². The number of hydrogen-bond acceptors (Lipinski definition) is 4. The van der Waals surface area contributed by atoms with Gasteiger partial charge in [0, 0.05) is 26.2 Å². The first kappa shape index (κ1) is 11.2. The van der Waals surface area contributed by atoms with Gasteiger partial charge in [-0.1, -0.05) is 17.3 Å². The molecule has 1 amide bonds. The van der Waals surface area contributed by atoms with Crippen molar-refractivity contribution in [3.05, 3.63) is 24.3 Å². The van der Waals surface area contributed by atoms with Gasteiger partial charge in [-0.3, -0.25) is 0 Å². The van der Waals surface area contributed by atoms with Crippen LogP contribution in [-0.2, 0) is 0 Å². The summed E-state index contributed by atoms with van der Waals surface area (Å²) >= 11 is 0. The Balaban J connectivity index is 1.88. The van der Waals surface area contributed by atoms with Crippen molar-refractivity contribution >= 4 is 17.1 Å². The minimum Gasteiger partial charge on any atom is -0.320 e. The predicted molar refractivity (Wildman–Crippen MR) is 67.4 cm³/mol. The van der Waals surface area contributed by atoms with E-state index in [4.69, 9.17) is 0 Å². The van der Waals surface area contributed by atoms with Gasteiger partial charge >= 0.3 is 6.03 Å². The third-order valence-corrected chi connectivity index (χ3v) is 3.31. The topological polar surface area (TPSA) is 54.3 Å². The molecule has 1 aromatic carbocycles. The molecule has 1 saturated heterocycles. The Morgan fingerprint density at radius 2 is 1.89 bits per heavy atom. The number of para-hydroxylation sites is 1. The highest BCUT2D eigenvalue weighted by Gasteiger charge is 2.22. The van der Waals surface area contributed by atoms with Crippen molar-refractivity contribution in [2.75, 3.05) is 33.2 Å². The number of carbonyl (C=O) groups is 1. The largest absolute Gasteiger partial charge is 0.346 e. The van der Waals surface area contributed by atoms with Crippen LogP contribution >= 0.6 is 0 Å². The van der Waals surface area contributed by atoms with Crippen LogP contribution in [0.4, 0.5) is 4.79 Å². The maximum atomic E-state index is 12.3. The van der Waals surface area contributed by atoms with E-state index in [0.717, 1.165) is 37.2 Å². The lowest BCUT2D eigenvalue weighted by Crippen LogP contribution is -2.48. The second kappa shape index (κ2) is 4.38. The van der Waals surface area contributed by atoms with Crippen LogP contribution in [0.3, 0.4) is 0 Å². The highest BCUT2D eigenvalue weighted by Crippen LogP contribution is 2.11. The number of fused-ring (bicyclic) bond motifs is 1. The maximum absolute atomic E-state index is 12.3. The molecule has 0 bridgehead atoms. The van der Waals surface area contributed by atoms with E-state index < -0.39 is 0 Å². The van der Waals surface area contributed by atoms with E-state index in [1.165, 1.54) is 4.68 Å². The summed E-state index contributed by atoms with van der Waals surface area (Å²) in [5.74, 6) is 0. The number of aromatic nitrogens is 3. The Hall–Kier alpha value is -1.95. The molecule has 18 heavy (non-hydrogen) atoms. The first-order valence-electron chi connectivity index (χ1n) is 6.04. The standard InChI is InChI=1S/C12H15N5O/c1-15-6-8-16(9-7-15)12(18)17-11-5-3-2-4-10(11)13-14-17/h2-5H,6-9H2,1H3. The zero-order valence-electron chi connectivity index (χ0n) is 10.3. The van der Waals surface area contributed by atoms with Crippen molar-refractivity contribution in [3.63, 3.8) is 0 Å². The first-order valence-corrected chi connectivity index (χ1v) is 6.04. The zero-order chi connectivity index (χ0) is 12.5. The van der Waals surface area contributed by atoms with E-state index in [-0.39, 0.29) is 6.03 Å². The van der Waals surface area contributed by atoms with Gasteiger partial charge in [-0.15, -0.1) is 5.10 Å². The number of rotatable bonds is 0. The lowest BCUT2D eigenvalue weighted by Gasteiger charge is -2.31. The summed E-state index contributed by atoms with van der Waals surface area (Å²) in [6, 6.07) is 7.41. The summed E-state index contributed by atoms with van der Waals surface area (Å²) in [6.45, 7) is 3.28. The zero-order valence-corrected chi connectivity index (χ0v) is 10.3. The quantitative estimate of drug-likeness (QED) is 0.683. The van der Waals surface area contributed by atoms with E-state index >= 15 is 0 Å². The van der Waals surface area contributed by atoms with Gasteiger partial charge in [-0.2, -0.15) is 4.68 Å². The fourth-order valence-electron chi connectivity index (χ4n) is 2.14. The molecule has 2 aromatic rings. The SMILES string of the molecule is CN1CCN(C(=O)n2nnc3ccccc32)CC1. The van der Waals surface area contributed by atoms with Gasteiger partial charge in [0.2, 0.25) is 0 Å². The second-order valence-corrected chi connectivity index (χ2v) is 4.56. The fourth-order valence-corrected chi connectivity index (χ4v) is 2.14. The fraction of sp³-hybridized carbons (Fsp3) is 0.417. The Bertz CT molecular complexity index is 571. The van der Waals surface area contributed by atoms with Crippen LogP contribution in [-0.4, -0.2) is 64.1 Å². The average molecular weight is 245 g/mol. The Labute approximate surface area is 105 Å². The van der Waals surface area contributed by atoms with E-state index in [1.54, 1.807) is 0 Å². The Morgan fingerprint density at radius 3 is 2.67 bits per heavy atom. The van der Waals surface area contributed by atoms with Crippen LogP contribution in [0.25, 0.3) is 11.0 Å². The molecule has 6 nitrogen and oxygen atoms in total. The van der Waals surface area contributed by atoms with Crippen LogP contribution < -0.4 is 0 Å². The summed E-state index contributed by atoms with van der Waals surface area (Å²) in [6.07, 6.45) is 0. The maximum Gasteiger partial charge on any atom is 0.346 e. The molecular formula is C12H15N5O. The molecule has 94 valence electrons. The summed E-state index contributed by atoms with van der Waals surface area (Å²) in [7, 11) is 2.06. The molecule has 0 unspecified atom stereocenters. The second-order valence-electron chi connectivity index (χ2n) is 4.56. The molecule has 0 aliphatic carbocycles. The predicted octanol–water partition coefficient (Wildman–Crippen LogP) is 0.647. The van der Waals surface area contributed by atoms with Gasteiger partial charge in [0.05, 0.1) is 5.52 Å². The van der Waals surface area contributed by atoms with Crippen molar-refractivity contribution < 1.29 is 4.79 Å². The highest BCUT2D eigenvalue weighted by molar-refractivity contribution is 5.87. The summed E-state index contributed by atoms with van der Waals surface area (Å²) in [5.41, 5.74) is 1.52. The van der Waals surface area contributed by atoms with E-state index in [0.29, 0.717) is 0 Å². The Kier molecular flexibility index (Phi) is 2.71. The van der Waals surface area contributed by atoms with Gasteiger partial charge in [0.15, 0.2) is 0 Å². The number of benzene rings is 1. The van der Waals surface area contributed by atoms with Crippen molar-refractivity contribution in [3.8, 4) is 0 Å². The number of amides is 1. The number of hydrogen-bond donors (Lipinski definition) is 0. The average Bonchev–Trinajstić information content (AvgIpc) is 2.82. The van der Waals surface area contributed by atoms with Crippen LogP contribution in [0.15, 0.2) is 24.3 Å². The van der Waals surface area contributed by atoms with Crippen molar-refractivity contribution in [1.82, 2.24) is 24.8 Å². The molecule has 2 heterocycles. The van der Waals surface area contributed by atoms with Crippen LogP contribution in [0.1, 0.15) is 0 Å². The van der Waals surface area contributed by atoms with E-state index in [9.17, 15) is 4.79 Å². The number of piperazine rings is 1. The summed E-state index contributed by atoms with van der Waals surface area (Å²) in [4.78, 5) is 16.4. The van der Waals surface area contributed by atoms with Gasteiger partial charge in [-0.25, -0.2) is 4.79 Å². The van der Waals surface area contributed by atoms with Crippen LogP contribution in [0, 0.1) is 0 Å². The molecule has 6 heteroatoms. The summed E-state index contributed by atoms with van der Waals surface area (Å²) < 4.78 is 1.39. The molecule has 0 N–H and O–H groups in total. The van der Waals surface area contributed by atoms with Crippen molar-refractivity contribution in [2.24, 2.45) is 0 Å². The lowest BCUT2D eigenvalue weighted by atomic mass is 10.3.